The lowest BCUT2D eigenvalue weighted by Gasteiger charge is -2.19. The number of nitrogens with zero attached hydrogens (tertiary/aromatic N) is 1. The van der Waals surface area contributed by atoms with Crippen LogP contribution >= 0.6 is 0 Å². The molecule has 1 aliphatic carbocycles. The standard InChI is InChI=1S/C25H28N4O2/c26-21(10-7-17-4-2-1-3-5-17)24(31)29-25(13-14-25)22(30)11-8-18-6-9-20-19(16-18)12-15-28-23(20)27/h1-6,9,12,15-16,21H,7-8,10-11,13-14,26H2,(H2,27,28)(H,29,31)/t21-/m1/s1. The topological polar surface area (TPSA) is 111 Å². The second-order valence-electron chi connectivity index (χ2n) is 8.38. The van der Waals surface area contributed by atoms with Crippen molar-refractivity contribution < 1.29 is 9.59 Å². The molecule has 1 aliphatic rings. The molecule has 1 atom stereocenters. The second kappa shape index (κ2) is 8.86. The first kappa shape index (κ1) is 21.0. The molecule has 6 nitrogen and oxygen atoms in total. The SMILES string of the molecule is Nc1nccc2cc(CCC(=O)C3(NC(=O)[C@H](N)CCc4ccccc4)CC3)ccc12. The van der Waals surface area contributed by atoms with Gasteiger partial charge >= 0.3 is 0 Å². The number of Topliss-reactive ketones (excluding diaryl/α,β-unsaturated/α-hetero) is 1. The first-order chi connectivity index (χ1) is 15.0. The normalized spacial score (nSPS) is 15.4. The average molecular weight is 417 g/mol. The van der Waals surface area contributed by atoms with Gasteiger partial charge in [-0.2, -0.15) is 0 Å². The van der Waals surface area contributed by atoms with Gasteiger partial charge < -0.3 is 16.8 Å². The summed E-state index contributed by atoms with van der Waals surface area (Å²) >= 11 is 0. The van der Waals surface area contributed by atoms with Crippen molar-refractivity contribution in [2.75, 3.05) is 5.73 Å². The van der Waals surface area contributed by atoms with Crippen LogP contribution in [0.2, 0.25) is 0 Å². The molecule has 1 fully saturated rings. The number of anilines is 1. The van der Waals surface area contributed by atoms with Crippen LogP contribution in [0.5, 0.6) is 0 Å². The highest BCUT2D eigenvalue weighted by molar-refractivity contribution is 5.97. The Bertz CT molecular complexity index is 1090. The molecule has 1 heterocycles. The number of rotatable bonds is 9. The van der Waals surface area contributed by atoms with E-state index in [9.17, 15) is 9.59 Å². The summed E-state index contributed by atoms with van der Waals surface area (Å²) in [7, 11) is 0. The van der Waals surface area contributed by atoms with Crippen LogP contribution in [0.1, 0.15) is 36.8 Å². The van der Waals surface area contributed by atoms with E-state index < -0.39 is 11.6 Å². The van der Waals surface area contributed by atoms with Gasteiger partial charge in [0.1, 0.15) is 5.82 Å². The van der Waals surface area contributed by atoms with Crippen molar-refractivity contribution in [3.63, 3.8) is 0 Å². The summed E-state index contributed by atoms with van der Waals surface area (Å²) in [6, 6.07) is 17.2. The molecule has 0 unspecified atom stereocenters. The van der Waals surface area contributed by atoms with Crippen LogP contribution in [0, 0.1) is 0 Å². The van der Waals surface area contributed by atoms with Crippen LogP contribution in [-0.4, -0.2) is 28.3 Å². The minimum Gasteiger partial charge on any atom is -0.383 e. The third-order valence-electron chi connectivity index (χ3n) is 6.07. The first-order valence-corrected chi connectivity index (χ1v) is 10.7. The summed E-state index contributed by atoms with van der Waals surface area (Å²) in [5, 5.41) is 4.86. The van der Waals surface area contributed by atoms with Gasteiger partial charge in [-0.25, -0.2) is 4.98 Å². The van der Waals surface area contributed by atoms with Crippen LogP contribution in [0.25, 0.3) is 10.8 Å². The van der Waals surface area contributed by atoms with E-state index in [1.54, 1.807) is 6.20 Å². The van der Waals surface area contributed by atoms with E-state index in [2.05, 4.69) is 10.3 Å². The number of nitrogens with one attached hydrogen (secondary N) is 1. The summed E-state index contributed by atoms with van der Waals surface area (Å²) < 4.78 is 0. The Labute approximate surface area is 182 Å². The smallest absolute Gasteiger partial charge is 0.237 e. The molecule has 0 aliphatic heterocycles. The molecule has 160 valence electrons. The number of amides is 1. The molecule has 3 aromatic rings. The molecule has 1 aromatic heterocycles. The molecule has 0 radical (unpaired) electrons. The minimum atomic E-state index is -0.730. The fourth-order valence-corrected chi connectivity index (χ4v) is 3.93. The average Bonchev–Trinajstić information content (AvgIpc) is 3.57. The van der Waals surface area contributed by atoms with Gasteiger partial charge in [-0.15, -0.1) is 0 Å². The monoisotopic (exact) mass is 416 g/mol. The Morgan fingerprint density at radius 2 is 1.81 bits per heavy atom. The van der Waals surface area contributed by atoms with Gasteiger partial charge in [-0.05, 0) is 54.7 Å². The maximum absolute atomic E-state index is 12.9. The lowest BCUT2D eigenvalue weighted by atomic mass is 9.99. The lowest BCUT2D eigenvalue weighted by molar-refractivity contribution is -0.129. The molecule has 2 aromatic carbocycles. The third-order valence-corrected chi connectivity index (χ3v) is 6.07. The highest BCUT2D eigenvalue weighted by Crippen LogP contribution is 2.37. The van der Waals surface area contributed by atoms with Crippen molar-refractivity contribution in [1.82, 2.24) is 10.3 Å². The molecule has 0 saturated heterocycles. The highest BCUT2D eigenvalue weighted by Gasteiger charge is 2.50. The number of fused-ring (bicyclic) bond motifs is 1. The molecular formula is C25H28N4O2. The van der Waals surface area contributed by atoms with Crippen molar-refractivity contribution in [2.45, 2.75) is 50.1 Å². The fraction of sp³-hybridized carbons (Fsp3) is 0.320. The summed E-state index contributed by atoms with van der Waals surface area (Å²) in [6.07, 6.45) is 5.34. The number of pyridine rings is 1. The molecule has 31 heavy (non-hydrogen) atoms. The Morgan fingerprint density at radius 3 is 2.55 bits per heavy atom. The number of ketones is 1. The Morgan fingerprint density at radius 1 is 1.03 bits per heavy atom. The van der Waals surface area contributed by atoms with E-state index in [0.29, 0.717) is 37.9 Å². The highest BCUT2D eigenvalue weighted by atomic mass is 16.2. The second-order valence-corrected chi connectivity index (χ2v) is 8.38. The number of carbonyl (C=O) groups is 2. The van der Waals surface area contributed by atoms with Gasteiger partial charge in [0, 0.05) is 18.0 Å². The number of aromatic nitrogens is 1. The molecule has 0 bridgehead atoms. The van der Waals surface area contributed by atoms with Crippen molar-refractivity contribution in [2.24, 2.45) is 5.73 Å². The Kier molecular flexibility index (Phi) is 6.00. The third kappa shape index (κ3) is 4.91. The summed E-state index contributed by atoms with van der Waals surface area (Å²) in [5.41, 5.74) is 13.5. The van der Waals surface area contributed by atoms with Gasteiger partial charge in [-0.1, -0.05) is 48.5 Å². The number of hydrogen-bond acceptors (Lipinski definition) is 5. The van der Waals surface area contributed by atoms with Gasteiger partial charge in [-0.3, -0.25) is 9.59 Å². The van der Waals surface area contributed by atoms with Crippen LogP contribution in [0.3, 0.4) is 0 Å². The van der Waals surface area contributed by atoms with E-state index in [1.807, 2.05) is 54.6 Å². The van der Waals surface area contributed by atoms with E-state index in [0.717, 1.165) is 28.3 Å². The number of hydrogen-bond donors (Lipinski definition) is 3. The molecular weight excluding hydrogens is 388 g/mol. The number of nitrogen functional groups attached to an aromatic ring is 1. The molecule has 4 rings (SSSR count). The number of carbonyl (C=O) groups excluding carboxylic acids is 2. The van der Waals surface area contributed by atoms with E-state index in [4.69, 9.17) is 11.5 Å². The molecule has 1 saturated carbocycles. The Balaban J connectivity index is 1.30. The van der Waals surface area contributed by atoms with Gasteiger partial charge in [0.2, 0.25) is 5.91 Å². The molecule has 5 N–H and O–H groups in total. The largest absolute Gasteiger partial charge is 0.383 e. The van der Waals surface area contributed by atoms with Crippen molar-refractivity contribution in [3.05, 3.63) is 71.9 Å². The summed E-state index contributed by atoms with van der Waals surface area (Å²) in [5.74, 6) is 0.337. The number of aryl methyl sites for hydroxylation is 2. The van der Waals surface area contributed by atoms with Crippen molar-refractivity contribution in [1.29, 1.82) is 0 Å². The maximum Gasteiger partial charge on any atom is 0.237 e. The van der Waals surface area contributed by atoms with E-state index in [-0.39, 0.29) is 11.7 Å². The molecule has 6 heteroatoms. The minimum absolute atomic E-state index is 0.0745. The Hall–Kier alpha value is -3.25. The van der Waals surface area contributed by atoms with Gasteiger partial charge in [0.15, 0.2) is 5.78 Å². The number of nitrogens with two attached hydrogens (primary N) is 2. The fourth-order valence-electron chi connectivity index (χ4n) is 3.93. The number of benzene rings is 2. The maximum atomic E-state index is 12.9. The van der Waals surface area contributed by atoms with Crippen LogP contribution in [0.4, 0.5) is 5.82 Å². The van der Waals surface area contributed by atoms with E-state index >= 15 is 0 Å². The van der Waals surface area contributed by atoms with Crippen LogP contribution < -0.4 is 16.8 Å². The van der Waals surface area contributed by atoms with Crippen LogP contribution in [-0.2, 0) is 22.4 Å². The van der Waals surface area contributed by atoms with E-state index in [1.165, 1.54) is 0 Å². The predicted octanol–water partition coefficient (Wildman–Crippen LogP) is 2.93. The van der Waals surface area contributed by atoms with Crippen LogP contribution in [0.15, 0.2) is 60.8 Å². The lowest BCUT2D eigenvalue weighted by Crippen LogP contribution is -2.50. The summed E-state index contributed by atoms with van der Waals surface area (Å²) in [4.78, 5) is 29.5. The quantitative estimate of drug-likeness (QED) is 0.497. The van der Waals surface area contributed by atoms with Crippen molar-refractivity contribution >= 4 is 28.3 Å². The summed E-state index contributed by atoms with van der Waals surface area (Å²) in [6.45, 7) is 0. The van der Waals surface area contributed by atoms with Gasteiger partial charge in [0.05, 0.1) is 11.6 Å². The van der Waals surface area contributed by atoms with Gasteiger partial charge in [0.25, 0.3) is 0 Å². The molecule has 0 spiro atoms. The zero-order chi connectivity index (χ0) is 21.8. The zero-order valence-electron chi connectivity index (χ0n) is 17.5. The predicted molar refractivity (Wildman–Crippen MR) is 122 cm³/mol. The first-order valence-electron chi connectivity index (χ1n) is 10.7. The zero-order valence-corrected chi connectivity index (χ0v) is 17.5. The molecule has 1 amide bonds. The van der Waals surface area contributed by atoms with Crippen molar-refractivity contribution in [3.8, 4) is 0 Å².